The maximum absolute atomic E-state index is 11.3. The third-order valence-electron chi connectivity index (χ3n) is 2.16. The first-order chi connectivity index (χ1) is 7.04. The lowest BCUT2D eigenvalue weighted by Gasteiger charge is -2.10. The number of hydrogen-bond acceptors (Lipinski definition) is 3. The Morgan fingerprint density at radius 2 is 2.07 bits per heavy atom. The summed E-state index contributed by atoms with van der Waals surface area (Å²) in [4.78, 5) is 11.3. The van der Waals surface area contributed by atoms with Crippen molar-refractivity contribution in [2.24, 2.45) is 0 Å². The van der Waals surface area contributed by atoms with E-state index in [9.17, 15) is 4.79 Å². The fourth-order valence-corrected chi connectivity index (χ4v) is 1.32. The molecule has 0 aromatic heterocycles. The van der Waals surface area contributed by atoms with Gasteiger partial charge < -0.3 is 15.8 Å². The molecule has 0 fully saturated rings. The largest absolute Gasteiger partial charge is 0.398 e. The average Bonchev–Trinajstić information content (AvgIpc) is 2.14. The Bertz CT molecular complexity index is 375. The standard InChI is InChI=1S/C11H16N2O2/c1-7-4-8(2)10(5-9(7)12)13-11(14)6-15-3/h4-5H,6,12H2,1-3H3,(H,13,14). The van der Waals surface area contributed by atoms with E-state index < -0.39 is 0 Å². The van der Waals surface area contributed by atoms with E-state index in [1.807, 2.05) is 19.9 Å². The van der Waals surface area contributed by atoms with Crippen LogP contribution in [0.5, 0.6) is 0 Å². The molecule has 4 heteroatoms. The molecule has 0 saturated carbocycles. The van der Waals surface area contributed by atoms with E-state index in [1.54, 1.807) is 6.07 Å². The van der Waals surface area contributed by atoms with E-state index in [0.717, 1.165) is 16.8 Å². The molecule has 1 aromatic carbocycles. The number of aryl methyl sites for hydroxylation is 2. The summed E-state index contributed by atoms with van der Waals surface area (Å²) in [5.41, 5.74) is 9.17. The van der Waals surface area contributed by atoms with Crippen molar-refractivity contribution in [2.45, 2.75) is 13.8 Å². The monoisotopic (exact) mass is 208 g/mol. The molecule has 15 heavy (non-hydrogen) atoms. The van der Waals surface area contributed by atoms with Crippen LogP contribution in [0, 0.1) is 13.8 Å². The molecule has 1 aromatic rings. The van der Waals surface area contributed by atoms with Gasteiger partial charge in [0.2, 0.25) is 5.91 Å². The van der Waals surface area contributed by atoms with Crippen molar-refractivity contribution in [3.05, 3.63) is 23.3 Å². The fourth-order valence-electron chi connectivity index (χ4n) is 1.32. The highest BCUT2D eigenvalue weighted by Crippen LogP contribution is 2.21. The van der Waals surface area contributed by atoms with E-state index in [0.29, 0.717) is 5.69 Å². The first kappa shape index (κ1) is 11.5. The molecule has 0 aliphatic carbocycles. The highest BCUT2D eigenvalue weighted by Gasteiger charge is 2.06. The summed E-state index contributed by atoms with van der Waals surface area (Å²) in [5, 5.41) is 2.74. The minimum absolute atomic E-state index is 0.0488. The lowest BCUT2D eigenvalue weighted by atomic mass is 10.1. The number of nitrogens with two attached hydrogens (primary N) is 1. The number of benzene rings is 1. The third-order valence-corrected chi connectivity index (χ3v) is 2.16. The Labute approximate surface area is 89.4 Å². The smallest absolute Gasteiger partial charge is 0.250 e. The number of ether oxygens (including phenoxy) is 1. The first-order valence-corrected chi connectivity index (χ1v) is 4.70. The maximum atomic E-state index is 11.3. The number of carbonyl (C=O) groups excluding carboxylic acids is 1. The van der Waals surface area contributed by atoms with Gasteiger partial charge in [0.05, 0.1) is 0 Å². The van der Waals surface area contributed by atoms with Gasteiger partial charge in [0.15, 0.2) is 0 Å². The van der Waals surface area contributed by atoms with Gasteiger partial charge in [-0.05, 0) is 31.0 Å². The molecule has 0 atom stereocenters. The first-order valence-electron chi connectivity index (χ1n) is 4.70. The summed E-state index contributed by atoms with van der Waals surface area (Å²) in [5.74, 6) is -0.177. The second-order valence-electron chi connectivity index (χ2n) is 3.50. The molecule has 0 bridgehead atoms. The SMILES string of the molecule is COCC(=O)Nc1cc(N)c(C)cc1C. The van der Waals surface area contributed by atoms with Gasteiger partial charge in [-0.15, -0.1) is 0 Å². The van der Waals surface area contributed by atoms with Crippen LogP contribution in [0.1, 0.15) is 11.1 Å². The summed E-state index contributed by atoms with van der Waals surface area (Å²) in [6.45, 7) is 3.91. The zero-order valence-electron chi connectivity index (χ0n) is 9.26. The molecule has 4 nitrogen and oxygen atoms in total. The zero-order chi connectivity index (χ0) is 11.4. The van der Waals surface area contributed by atoms with Gasteiger partial charge in [0, 0.05) is 18.5 Å². The summed E-state index contributed by atoms with van der Waals surface area (Å²) in [6.07, 6.45) is 0. The fraction of sp³-hybridized carbons (Fsp3) is 0.364. The number of methoxy groups -OCH3 is 1. The van der Waals surface area contributed by atoms with Gasteiger partial charge in [-0.25, -0.2) is 0 Å². The van der Waals surface area contributed by atoms with E-state index >= 15 is 0 Å². The highest BCUT2D eigenvalue weighted by molar-refractivity contribution is 5.93. The zero-order valence-corrected chi connectivity index (χ0v) is 9.26. The van der Waals surface area contributed by atoms with Crippen LogP contribution in [-0.2, 0) is 9.53 Å². The number of amides is 1. The summed E-state index contributed by atoms with van der Waals surface area (Å²) in [7, 11) is 1.48. The van der Waals surface area contributed by atoms with E-state index in [2.05, 4.69) is 5.32 Å². The second-order valence-corrected chi connectivity index (χ2v) is 3.50. The normalized spacial score (nSPS) is 10.1. The number of anilines is 2. The molecule has 0 heterocycles. The highest BCUT2D eigenvalue weighted by atomic mass is 16.5. The number of nitrogens with one attached hydrogen (secondary N) is 1. The van der Waals surface area contributed by atoms with Crippen molar-refractivity contribution in [3.63, 3.8) is 0 Å². The Hall–Kier alpha value is -1.55. The molecule has 0 aliphatic heterocycles. The van der Waals surface area contributed by atoms with Crippen LogP contribution in [0.4, 0.5) is 11.4 Å². The molecule has 1 rings (SSSR count). The molecular weight excluding hydrogens is 192 g/mol. The lowest BCUT2D eigenvalue weighted by molar-refractivity contribution is -0.119. The van der Waals surface area contributed by atoms with Gasteiger partial charge >= 0.3 is 0 Å². The average molecular weight is 208 g/mol. The van der Waals surface area contributed by atoms with Crippen molar-refractivity contribution in [1.29, 1.82) is 0 Å². The van der Waals surface area contributed by atoms with Crippen molar-refractivity contribution in [1.82, 2.24) is 0 Å². The maximum Gasteiger partial charge on any atom is 0.250 e. The molecule has 1 amide bonds. The number of carbonyl (C=O) groups is 1. The van der Waals surface area contributed by atoms with Crippen LogP contribution < -0.4 is 11.1 Å². The van der Waals surface area contributed by atoms with E-state index in [4.69, 9.17) is 10.5 Å². The summed E-state index contributed by atoms with van der Waals surface area (Å²) in [6, 6.07) is 3.70. The molecule has 0 aliphatic rings. The van der Waals surface area contributed by atoms with Crippen molar-refractivity contribution < 1.29 is 9.53 Å². The quantitative estimate of drug-likeness (QED) is 0.739. The molecule has 0 saturated heterocycles. The van der Waals surface area contributed by atoms with E-state index in [1.165, 1.54) is 7.11 Å². The predicted molar refractivity (Wildman–Crippen MR) is 60.8 cm³/mol. The minimum atomic E-state index is -0.177. The topological polar surface area (TPSA) is 64.3 Å². The summed E-state index contributed by atoms with van der Waals surface area (Å²) < 4.78 is 4.73. The van der Waals surface area contributed by atoms with Crippen LogP contribution >= 0.6 is 0 Å². The number of hydrogen-bond donors (Lipinski definition) is 2. The number of nitrogen functional groups attached to an aromatic ring is 1. The molecule has 0 spiro atoms. The Kier molecular flexibility index (Phi) is 3.68. The van der Waals surface area contributed by atoms with Gasteiger partial charge in [0.25, 0.3) is 0 Å². The third kappa shape index (κ3) is 2.95. The second kappa shape index (κ2) is 4.79. The predicted octanol–water partition coefficient (Wildman–Crippen LogP) is 1.47. The Morgan fingerprint density at radius 3 is 2.67 bits per heavy atom. The number of rotatable bonds is 3. The van der Waals surface area contributed by atoms with Crippen LogP contribution in [0.25, 0.3) is 0 Å². The molecular formula is C11H16N2O2. The molecule has 3 N–H and O–H groups in total. The van der Waals surface area contributed by atoms with Crippen LogP contribution in [0.3, 0.4) is 0 Å². The van der Waals surface area contributed by atoms with Crippen LogP contribution in [0.15, 0.2) is 12.1 Å². The van der Waals surface area contributed by atoms with Gasteiger partial charge in [-0.2, -0.15) is 0 Å². The van der Waals surface area contributed by atoms with Crippen LogP contribution in [-0.4, -0.2) is 19.6 Å². The molecule has 82 valence electrons. The van der Waals surface area contributed by atoms with Gasteiger partial charge in [-0.3, -0.25) is 4.79 Å². The van der Waals surface area contributed by atoms with Gasteiger partial charge in [-0.1, -0.05) is 6.07 Å². The lowest BCUT2D eigenvalue weighted by Crippen LogP contribution is -2.18. The Balaban J connectivity index is 2.86. The van der Waals surface area contributed by atoms with E-state index in [-0.39, 0.29) is 12.5 Å². The molecule has 0 unspecified atom stereocenters. The van der Waals surface area contributed by atoms with Gasteiger partial charge in [0.1, 0.15) is 6.61 Å². The van der Waals surface area contributed by atoms with Crippen molar-refractivity contribution in [3.8, 4) is 0 Å². The molecule has 0 radical (unpaired) electrons. The Morgan fingerprint density at radius 1 is 1.40 bits per heavy atom. The minimum Gasteiger partial charge on any atom is -0.398 e. The van der Waals surface area contributed by atoms with Crippen LogP contribution in [0.2, 0.25) is 0 Å². The van der Waals surface area contributed by atoms with Crippen molar-refractivity contribution >= 4 is 17.3 Å². The van der Waals surface area contributed by atoms with Crippen molar-refractivity contribution in [2.75, 3.05) is 24.8 Å². The summed E-state index contributed by atoms with van der Waals surface area (Å²) >= 11 is 0.